The predicted octanol–water partition coefficient (Wildman–Crippen LogP) is 3.62. The molecule has 142 valence electrons. The number of amides is 1. The molecule has 0 spiro atoms. The van der Waals surface area contributed by atoms with E-state index in [9.17, 15) is 13.2 Å². The number of hydrogen-bond acceptors (Lipinski definition) is 6. The standard InChI is InChI=1S/C15H21BrClNO6S/c1-15(2,3)23-14(19)18-5-6-22-13(24-25(4,20)21)10-7-11(16)9-12(17)8-10/h7-9,13H,5-6H2,1-4H3,(H,18,19). The second-order valence-electron chi connectivity index (χ2n) is 6.13. The third-order valence-corrected chi connectivity index (χ3v) is 3.66. The molecule has 0 fully saturated rings. The van der Waals surface area contributed by atoms with Crippen molar-refractivity contribution < 1.29 is 26.9 Å². The SMILES string of the molecule is CC(C)(C)OC(=O)NCCOC(OS(C)(=O)=O)c1cc(Cl)cc(Br)c1. The van der Waals surface area contributed by atoms with Gasteiger partial charge in [-0.15, -0.1) is 0 Å². The lowest BCUT2D eigenvalue weighted by Crippen LogP contribution is -2.34. The third-order valence-electron chi connectivity index (χ3n) is 2.46. The highest BCUT2D eigenvalue weighted by atomic mass is 79.9. The zero-order valence-electron chi connectivity index (χ0n) is 14.3. The fourth-order valence-electron chi connectivity index (χ4n) is 1.68. The number of halogens is 2. The lowest BCUT2D eigenvalue weighted by Gasteiger charge is -2.21. The first kappa shape index (κ1) is 22.2. The zero-order chi connectivity index (χ0) is 19.3. The second kappa shape index (κ2) is 9.18. The van der Waals surface area contributed by atoms with E-state index in [0.29, 0.717) is 15.1 Å². The molecule has 0 saturated heterocycles. The normalized spacial score (nSPS) is 13.4. The molecule has 1 amide bonds. The monoisotopic (exact) mass is 457 g/mol. The molecule has 1 N–H and O–H groups in total. The summed E-state index contributed by atoms with van der Waals surface area (Å²) in [5, 5.41) is 2.90. The van der Waals surface area contributed by atoms with Crippen LogP contribution in [-0.2, 0) is 23.8 Å². The van der Waals surface area contributed by atoms with Gasteiger partial charge in [0, 0.05) is 21.6 Å². The fraction of sp³-hybridized carbons (Fsp3) is 0.533. The van der Waals surface area contributed by atoms with Crippen LogP contribution in [0.1, 0.15) is 32.6 Å². The van der Waals surface area contributed by atoms with Crippen LogP contribution in [0.4, 0.5) is 4.79 Å². The van der Waals surface area contributed by atoms with Crippen molar-refractivity contribution in [3.8, 4) is 0 Å². The minimum absolute atomic E-state index is 0.00353. The molecule has 0 radical (unpaired) electrons. The van der Waals surface area contributed by atoms with E-state index in [0.717, 1.165) is 6.26 Å². The highest BCUT2D eigenvalue weighted by Crippen LogP contribution is 2.27. The fourth-order valence-corrected chi connectivity index (χ4v) is 3.05. The summed E-state index contributed by atoms with van der Waals surface area (Å²) in [5.41, 5.74) is -0.193. The van der Waals surface area contributed by atoms with Gasteiger partial charge in [-0.3, -0.25) is 0 Å². The third kappa shape index (κ3) is 10.0. The van der Waals surface area contributed by atoms with Crippen LogP contribution in [0.5, 0.6) is 0 Å². The molecule has 1 rings (SSSR count). The lowest BCUT2D eigenvalue weighted by atomic mass is 10.2. The number of carbonyl (C=O) groups excluding carboxylic acids is 1. The number of hydrogen-bond donors (Lipinski definition) is 1. The Balaban J connectivity index is 2.68. The number of benzene rings is 1. The van der Waals surface area contributed by atoms with Gasteiger partial charge in [-0.2, -0.15) is 8.42 Å². The molecule has 7 nitrogen and oxygen atoms in total. The van der Waals surface area contributed by atoms with Gasteiger partial charge in [0.25, 0.3) is 10.1 Å². The molecule has 0 aliphatic rings. The van der Waals surface area contributed by atoms with E-state index in [1.165, 1.54) is 6.07 Å². The van der Waals surface area contributed by atoms with Gasteiger partial charge in [-0.05, 0) is 39.0 Å². The van der Waals surface area contributed by atoms with Crippen molar-refractivity contribution in [2.75, 3.05) is 19.4 Å². The summed E-state index contributed by atoms with van der Waals surface area (Å²) in [5.74, 6) is 0. The van der Waals surface area contributed by atoms with E-state index < -0.39 is 28.1 Å². The van der Waals surface area contributed by atoms with Gasteiger partial charge in [0.1, 0.15) is 5.60 Å². The lowest BCUT2D eigenvalue weighted by molar-refractivity contribution is -0.0779. The van der Waals surface area contributed by atoms with Gasteiger partial charge in [-0.25, -0.2) is 8.98 Å². The first-order valence-electron chi connectivity index (χ1n) is 7.28. The molecule has 10 heteroatoms. The summed E-state index contributed by atoms with van der Waals surface area (Å²) in [6, 6.07) is 4.80. The van der Waals surface area contributed by atoms with Gasteiger partial charge >= 0.3 is 6.09 Å². The number of nitrogens with one attached hydrogen (secondary N) is 1. The molecule has 0 heterocycles. The van der Waals surface area contributed by atoms with E-state index in [2.05, 4.69) is 21.2 Å². The van der Waals surface area contributed by atoms with Crippen molar-refractivity contribution >= 4 is 43.7 Å². The average molecular weight is 459 g/mol. The maximum Gasteiger partial charge on any atom is 0.407 e. The van der Waals surface area contributed by atoms with Crippen molar-refractivity contribution in [2.24, 2.45) is 0 Å². The first-order chi connectivity index (χ1) is 11.4. The van der Waals surface area contributed by atoms with Gasteiger partial charge in [0.2, 0.25) is 6.29 Å². The first-order valence-corrected chi connectivity index (χ1v) is 10.3. The maximum atomic E-state index is 11.6. The Morgan fingerprint density at radius 2 is 1.96 bits per heavy atom. The van der Waals surface area contributed by atoms with Gasteiger partial charge in [0.05, 0.1) is 12.9 Å². The number of ether oxygens (including phenoxy) is 2. The van der Waals surface area contributed by atoms with Crippen LogP contribution < -0.4 is 5.32 Å². The molecule has 1 atom stereocenters. The molecule has 25 heavy (non-hydrogen) atoms. The van der Waals surface area contributed by atoms with Crippen molar-refractivity contribution in [2.45, 2.75) is 32.7 Å². The van der Waals surface area contributed by atoms with Gasteiger partial charge in [-0.1, -0.05) is 27.5 Å². The molecule has 1 unspecified atom stereocenters. The predicted molar refractivity (Wildman–Crippen MR) is 98.0 cm³/mol. The second-order valence-corrected chi connectivity index (χ2v) is 9.09. The summed E-state index contributed by atoms with van der Waals surface area (Å²) < 4.78 is 39.0. The summed E-state index contributed by atoms with van der Waals surface area (Å²) >= 11 is 9.24. The quantitative estimate of drug-likeness (QED) is 0.381. The topological polar surface area (TPSA) is 90.9 Å². The molecule has 0 aliphatic heterocycles. The Bertz CT molecular complexity index is 684. The molecule has 0 aliphatic carbocycles. The Morgan fingerprint density at radius 1 is 1.32 bits per heavy atom. The van der Waals surface area contributed by atoms with E-state index >= 15 is 0 Å². The Morgan fingerprint density at radius 3 is 2.48 bits per heavy atom. The molecule has 0 saturated carbocycles. The van der Waals surface area contributed by atoms with Crippen molar-refractivity contribution in [3.05, 3.63) is 33.3 Å². The van der Waals surface area contributed by atoms with E-state index in [1.807, 2.05) is 0 Å². The van der Waals surface area contributed by atoms with Gasteiger partial charge < -0.3 is 14.8 Å². The number of carbonyl (C=O) groups is 1. The van der Waals surface area contributed by atoms with Crippen molar-refractivity contribution in [1.82, 2.24) is 5.32 Å². The molecule has 1 aromatic carbocycles. The number of rotatable bonds is 7. The highest BCUT2D eigenvalue weighted by molar-refractivity contribution is 9.10. The maximum absolute atomic E-state index is 11.6. The highest BCUT2D eigenvalue weighted by Gasteiger charge is 2.20. The van der Waals surface area contributed by atoms with Crippen molar-refractivity contribution in [3.63, 3.8) is 0 Å². The van der Waals surface area contributed by atoms with Crippen molar-refractivity contribution in [1.29, 1.82) is 0 Å². The van der Waals surface area contributed by atoms with E-state index in [-0.39, 0.29) is 13.2 Å². The Hall–Kier alpha value is -0.870. The van der Waals surface area contributed by atoms with E-state index in [1.54, 1.807) is 32.9 Å². The van der Waals surface area contributed by atoms with Crippen LogP contribution in [0, 0.1) is 0 Å². The van der Waals surface area contributed by atoms with Crippen LogP contribution >= 0.6 is 27.5 Å². The summed E-state index contributed by atoms with van der Waals surface area (Å²) in [6.07, 6.45) is -0.866. The summed E-state index contributed by atoms with van der Waals surface area (Å²) in [4.78, 5) is 11.6. The van der Waals surface area contributed by atoms with E-state index in [4.69, 9.17) is 25.3 Å². The van der Waals surface area contributed by atoms with Crippen LogP contribution in [0.3, 0.4) is 0 Å². The van der Waals surface area contributed by atoms with Crippen LogP contribution in [0.25, 0.3) is 0 Å². The molecular weight excluding hydrogens is 438 g/mol. The molecule has 1 aromatic rings. The Labute approximate surface area is 161 Å². The smallest absolute Gasteiger partial charge is 0.407 e. The number of alkyl carbamates (subject to hydrolysis) is 1. The largest absolute Gasteiger partial charge is 0.444 e. The summed E-state index contributed by atoms with van der Waals surface area (Å²) in [7, 11) is -3.77. The van der Waals surface area contributed by atoms with Crippen LogP contribution in [0.2, 0.25) is 5.02 Å². The minimum atomic E-state index is -3.77. The molecule has 0 bridgehead atoms. The summed E-state index contributed by atoms with van der Waals surface area (Å²) in [6.45, 7) is 5.35. The molecule has 0 aromatic heterocycles. The average Bonchev–Trinajstić information content (AvgIpc) is 2.37. The van der Waals surface area contributed by atoms with Crippen LogP contribution in [-0.4, -0.2) is 39.5 Å². The molecular formula is C15H21BrClNO6S. The zero-order valence-corrected chi connectivity index (χ0v) is 17.5. The Kier molecular flexibility index (Phi) is 8.14. The van der Waals surface area contributed by atoms with Gasteiger partial charge in [0.15, 0.2) is 0 Å². The van der Waals surface area contributed by atoms with Crippen LogP contribution in [0.15, 0.2) is 22.7 Å². The minimum Gasteiger partial charge on any atom is -0.444 e.